The van der Waals surface area contributed by atoms with Crippen molar-refractivity contribution >= 4 is 15.8 Å². The van der Waals surface area contributed by atoms with E-state index < -0.39 is 9.84 Å². The first-order valence-corrected chi connectivity index (χ1v) is 12.7. The zero-order chi connectivity index (χ0) is 21.1. The predicted octanol–water partition coefficient (Wildman–Crippen LogP) is 3.44. The predicted molar refractivity (Wildman–Crippen MR) is 120 cm³/mol. The number of sulfone groups is 1. The average Bonchev–Trinajstić information content (AvgIpc) is 3.03. The molecule has 1 aliphatic heterocycles. The summed E-state index contributed by atoms with van der Waals surface area (Å²) in [6.07, 6.45) is 5.45. The number of unbranched alkanes of at least 4 members (excludes halogenated alkanes) is 3. The van der Waals surface area contributed by atoms with Crippen molar-refractivity contribution < 1.29 is 13.2 Å². The molecule has 1 heterocycles. The summed E-state index contributed by atoms with van der Waals surface area (Å²) in [7, 11) is -2.85. The molecule has 1 aliphatic rings. The first-order chi connectivity index (χ1) is 13.9. The number of ether oxygens (including phenoxy) is 1. The second kappa shape index (κ2) is 12.1. The molecule has 1 fully saturated rings. The quantitative estimate of drug-likeness (QED) is 0.324. The Morgan fingerprint density at radius 3 is 2.72 bits per heavy atom. The molecule has 0 amide bonds. The summed E-state index contributed by atoms with van der Waals surface area (Å²) in [5.74, 6) is 2.35. The van der Waals surface area contributed by atoms with Gasteiger partial charge in [-0.15, -0.1) is 0 Å². The molecule has 6 nitrogen and oxygen atoms in total. The number of benzene rings is 1. The van der Waals surface area contributed by atoms with E-state index >= 15 is 0 Å². The maximum absolute atomic E-state index is 11.6. The molecule has 29 heavy (non-hydrogen) atoms. The monoisotopic (exact) mass is 423 g/mol. The summed E-state index contributed by atoms with van der Waals surface area (Å²) in [5.41, 5.74) is 2.24. The van der Waals surface area contributed by atoms with Crippen molar-refractivity contribution in [2.45, 2.75) is 59.4 Å². The van der Waals surface area contributed by atoms with Gasteiger partial charge < -0.3 is 15.4 Å². The van der Waals surface area contributed by atoms with Crippen molar-refractivity contribution in [3.8, 4) is 5.75 Å². The van der Waals surface area contributed by atoms with Gasteiger partial charge in [0.15, 0.2) is 15.8 Å². The molecule has 1 unspecified atom stereocenters. The molecule has 7 heteroatoms. The van der Waals surface area contributed by atoms with Crippen LogP contribution in [0.25, 0.3) is 0 Å². The smallest absolute Gasteiger partial charge is 0.191 e. The lowest BCUT2D eigenvalue weighted by molar-refractivity contribution is 0.302. The summed E-state index contributed by atoms with van der Waals surface area (Å²) in [6.45, 7) is 8.92. The van der Waals surface area contributed by atoms with Gasteiger partial charge >= 0.3 is 0 Å². The van der Waals surface area contributed by atoms with Crippen LogP contribution in [0.2, 0.25) is 0 Å². The fourth-order valence-corrected chi connectivity index (χ4v) is 5.28. The molecule has 0 aliphatic carbocycles. The molecule has 1 aromatic carbocycles. The first-order valence-electron chi connectivity index (χ1n) is 10.9. The zero-order valence-electron chi connectivity index (χ0n) is 18.2. The van der Waals surface area contributed by atoms with Crippen molar-refractivity contribution in [3.63, 3.8) is 0 Å². The number of guanidine groups is 1. The Bertz CT molecular complexity index is 763. The second-order valence-corrected chi connectivity index (χ2v) is 10.1. The number of nitrogens with one attached hydrogen (secondary N) is 2. The Morgan fingerprint density at radius 2 is 2.03 bits per heavy atom. The molecule has 0 radical (unpaired) electrons. The summed E-state index contributed by atoms with van der Waals surface area (Å²) in [6, 6.07) is 6.24. The van der Waals surface area contributed by atoms with Gasteiger partial charge in [0, 0.05) is 18.7 Å². The third-order valence-electron chi connectivity index (χ3n) is 5.11. The summed E-state index contributed by atoms with van der Waals surface area (Å²) in [5, 5.41) is 6.54. The Kier molecular flexibility index (Phi) is 9.78. The van der Waals surface area contributed by atoms with Crippen LogP contribution in [0.5, 0.6) is 5.75 Å². The van der Waals surface area contributed by atoms with Crippen LogP contribution in [0, 0.1) is 12.8 Å². The largest absolute Gasteiger partial charge is 0.493 e. The lowest BCUT2D eigenvalue weighted by Gasteiger charge is -2.15. The van der Waals surface area contributed by atoms with Crippen LogP contribution in [0.3, 0.4) is 0 Å². The van der Waals surface area contributed by atoms with Crippen LogP contribution < -0.4 is 15.4 Å². The van der Waals surface area contributed by atoms with Gasteiger partial charge in [0.1, 0.15) is 5.75 Å². The molecule has 164 valence electrons. The fourth-order valence-electron chi connectivity index (χ4n) is 3.42. The number of rotatable bonds is 11. The van der Waals surface area contributed by atoms with Crippen molar-refractivity contribution in [1.82, 2.24) is 10.6 Å². The average molecular weight is 424 g/mol. The van der Waals surface area contributed by atoms with Gasteiger partial charge in [0.05, 0.1) is 24.7 Å². The molecular formula is C22H37N3O3S. The molecule has 0 spiro atoms. The minimum absolute atomic E-state index is 0.158. The lowest BCUT2D eigenvalue weighted by atomic mass is 10.1. The Hall–Kier alpha value is -1.76. The van der Waals surface area contributed by atoms with E-state index in [1.165, 1.54) is 24.8 Å². The van der Waals surface area contributed by atoms with Gasteiger partial charge in [0.2, 0.25) is 0 Å². The third kappa shape index (κ3) is 8.64. The SMILES string of the molecule is CCCCCCOc1cc(C)ccc1CN=C(NCC)NCC1CCS(=O)(=O)C1. The lowest BCUT2D eigenvalue weighted by Crippen LogP contribution is -2.40. The fraction of sp³-hybridized carbons (Fsp3) is 0.682. The second-order valence-electron chi connectivity index (χ2n) is 7.87. The molecule has 2 rings (SSSR count). The highest BCUT2D eigenvalue weighted by atomic mass is 32.2. The van der Waals surface area contributed by atoms with Crippen molar-refractivity contribution in [1.29, 1.82) is 0 Å². The van der Waals surface area contributed by atoms with Crippen LogP contribution in [-0.4, -0.2) is 45.6 Å². The van der Waals surface area contributed by atoms with E-state index in [0.717, 1.165) is 37.3 Å². The van der Waals surface area contributed by atoms with E-state index in [9.17, 15) is 8.42 Å². The van der Waals surface area contributed by atoms with E-state index in [4.69, 9.17) is 9.73 Å². The first kappa shape index (κ1) is 23.5. The molecule has 1 saturated heterocycles. The normalized spacial score (nSPS) is 18.6. The van der Waals surface area contributed by atoms with Gasteiger partial charge in [-0.1, -0.05) is 38.3 Å². The van der Waals surface area contributed by atoms with Crippen molar-refractivity contribution in [3.05, 3.63) is 29.3 Å². The highest BCUT2D eigenvalue weighted by molar-refractivity contribution is 7.91. The summed E-state index contributed by atoms with van der Waals surface area (Å²) >= 11 is 0. The van der Waals surface area contributed by atoms with E-state index in [2.05, 4.69) is 42.7 Å². The topological polar surface area (TPSA) is 79.8 Å². The van der Waals surface area contributed by atoms with Crippen LogP contribution in [0.1, 0.15) is 57.1 Å². The number of hydrogen-bond acceptors (Lipinski definition) is 4. The third-order valence-corrected chi connectivity index (χ3v) is 6.95. The van der Waals surface area contributed by atoms with Gasteiger partial charge in [-0.3, -0.25) is 0 Å². The Morgan fingerprint density at radius 1 is 1.21 bits per heavy atom. The molecule has 0 bridgehead atoms. The van der Waals surface area contributed by atoms with E-state index in [1.807, 2.05) is 6.92 Å². The van der Waals surface area contributed by atoms with Gasteiger partial charge in [-0.05, 0) is 44.2 Å². The van der Waals surface area contributed by atoms with Gasteiger partial charge in [-0.2, -0.15) is 0 Å². The standard InChI is InChI=1S/C22H37N3O3S/c1-4-6-7-8-12-28-21-14-18(3)9-10-20(21)16-25-22(23-5-2)24-15-19-11-13-29(26,27)17-19/h9-10,14,19H,4-8,11-13,15-17H2,1-3H3,(H2,23,24,25). The van der Waals surface area contributed by atoms with Crippen LogP contribution in [0.15, 0.2) is 23.2 Å². The van der Waals surface area contributed by atoms with Crippen LogP contribution >= 0.6 is 0 Å². The zero-order valence-corrected chi connectivity index (χ0v) is 19.0. The minimum atomic E-state index is -2.85. The molecule has 0 aromatic heterocycles. The minimum Gasteiger partial charge on any atom is -0.493 e. The number of aliphatic imine (C=N–C) groups is 1. The van der Waals surface area contributed by atoms with E-state index in [1.54, 1.807) is 0 Å². The van der Waals surface area contributed by atoms with E-state index in [0.29, 0.717) is 24.8 Å². The highest BCUT2D eigenvalue weighted by Crippen LogP contribution is 2.22. The number of hydrogen-bond donors (Lipinski definition) is 2. The maximum Gasteiger partial charge on any atom is 0.191 e. The molecule has 1 atom stereocenters. The summed E-state index contributed by atoms with van der Waals surface area (Å²) < 4.78 is 29.3. The van der Waals surface area contributed by atoms with Crippen LogP contribution in [-0.2, 0) is 16.4 Å². The van der Waals surface area contributed by atoms with Crippen LogP contribution in [0.4, 0.5) is 0 Å². The highest BCUT2D eigenvalue weighted by Gasteiger charge is 2.27. The van der Waals surface area contributed by atoms with E-state index in [-0.39, 0.29) is 11.7 Å². The van der Waals surface area contributed by atoms with Gasteiger partial charge in [-0.25, -0.2) is 13.4 Å². The maximum atomic E-state index is 11.6. The molecule has 1 aromatic rings. The molecule has 0 saturated carbocycles. The number of nitrogens with zero attached hydrogens (tertiary/aromatic N) is 1. The molecule has 2 N–H and O–H groups in total. The van der Waals surface area contributed by atoms with Gasteiger partial charge in [0.25, 0.3) is 0 Å². The van der Waals surface area contributed by atoms with Crippen molar-refractivity contribution in [2.75, 3.05) is 31.2 Å². The molecular weight excluding hydrogens is 386 g/mol. The summed E-state index contributed by atoms with van der Waals surface area (Å²) in [4.78, 5) is 4.69. The van der Waals surface area contributed by atoms with Crippen molar-refractivity contribution in [2.24, 2.45) is 10.9 Å². The Balaban J connectivity index is 1.94. The Labute approximate surface area is 176 Å². The number of aryl methyl sites for hydroxylation is 1.